The number of para-hydroxylation sites is 1. The lowest BCUT2D eigenvalue weighted by Gasteiger charge is -2.27. The highest BCUT2D eigenvalue weighted by molar-refractivity contribution is 5.74. The van der Waals surface area contributed by atoms with Gasteiger partial charge in [0.25, 0.3) is 0 Å². The third-order valence-corrected chi connectivity index (χ3v) is 6.58. The molecule has 1 unspecified atom stereocenters. The number of nitriles is 1. The molecule has 1 heterocycles. The van der Waals surface area contributed by atoms with E-state index in [1.54, 1.807) is 24.3 Å². The summed E-state index contributed by atoms with van der Waals surface area (Å²) in [6, 6.07) is 30.4. The van der Waals surface area contributed by atoms with Crippen molar-refractivity contribution >= 4 is 5.97 Å². The first-order chi connectivity index (χ1) is 19.4. The molecule has 7 nitrogen and oxygen atoms in total. The minimum absolute atomic E-state index is 0.00246. The maximum atomic E-state index is 12.5. The fourth-order valence-corrected chi connectivity index (χ4v) is 4.49. The summed E-state index contributed by atoms with van der Waals surface area (Å²) in [5, 5.41) is 9.93. The Hall–Kier alpha value is -5.22. The van der Waals surface area contributed by atoms with Crippen LogP contribution >= 0.6 is 0 Å². The topological polar surface area (TPSA) is 104 Å². The Morgan fingerprint density at radius 1 is 0.925 bits per heavy atom. The quantitative estimate of drug-likeness (QED) is 0.216. The van der Waals surface area contributed by atoms with Crippen molar-refractivity contribution in [2.75, 3.05) is 6.61 Å². The zero-order valence-electron chi connectivity index (χ0n) is 22.2. The van der Waals surface area contributed by atoms with Gasteiger partial charge in [-0.3, -0.25) is 0 Å². The lowest BCUT2D eigenvalue weighted by molar-refractivity contribution is -0.136. The number of nitrogens with zero attached hydrogens (tertiary/aromatic N) is 1. The summed E-state index contributed by atoms with van der Waals surface area (Å²) in [6.07, 6.45) is 0. The van der Waals surface area contributed by atoms with E-state index in [1.807, 2.05) is 80.6 Å². The zero-order valence-corrected chi connectivity index (χ0v) is 22.2. The van der Waals surface area contributed by atoms with E-state index in [1.165, 1.54) is 5.56 Å². The zero-order chi connectivity index (χ0) is 28.1. The summed E-state index contributed by atoms with van der Waals surface area (Å²) in [4.78, 5) is 12.5. The second-order valence-electron chi connectivity index (χ2n) is 9.50. The summed E-state index contributed by atoms with van der Waals surface area (Å²) in [5.74, 6) is 0.916. The molecule has 1 aliphatic rings. The van der Waals surface area contributed by atoms with Gasteiger partial charge in [0.2, 0.25) is 5.88 Å². The summed E-state index contributed by atoms with van der Waals surface area (Å²) < 4.78 is 22.9. The van der Waals surface area contributed by atoms with Crippen LogP contribution < -0.4 is 24.7 Å². The highest BCUT2D eigenvalue weighted by Crippen LogP contribution is 2.44. The van der Waals surface area contributed by atoms with Gasteiger partial charge in [0, 0.05) is 11.6 Å². The molecule has 0 fully saturated rings. The molecular formula is C33H28N2O5. The number of rotatable bonds is 8. The minimum atomic E-state index is -0.560. The predicted octanol–water partition coefficient (Wildman–Crippen LogP) is 6.09. The maximum absolute atomic E-state index is 12.5. The SMILES string of the molecule is Cc1ccc(COc2cccc(C3C(C#N)=C(N)Oc4cc(OC(=O)COc5ccccc5C)ccc43)c2)cc1. The number of carbonyl (C=O) groups is 1. The number of allylic oxidation sites excluding steroid dienone is 1. The molecule has 0 saturated heterocycles. The Balaban J connectivity index is 1.34. The van der Waals surface area contributed by atoms with Crippen molar-refractivity contribution in [1.82, 2.24) is 0 Å². The number of fused-ring (bicyclic) bond motifs is 1. The van der Waals surface area contributed by atoms with Gasteiger partial charge >= 0.3 is 5.97 Å². The number of nitrogens with two attached hydrogens (primary N) is 1. The third kappa shape index (κ3) is 5.92. The van der Waals surface area contributed by atoms with Crippen LogP contribution in [0.5, 0.6) is 23.0 Å². The van der Waals surface area contributed by atoms with Crippen LogP contribution in [0.4, 0.5) is 0 Å². The van der Waals surface area contributed by atoms with Crippen LogP contribution in [0, 0.1) is 25.2 Å². The van der Waals surface area contributed by atoms with E-state index < -0.39 is 11.9 Å². The summed E-state index contributed by atoms with van der Waals surface area (Å²) in [5.41, 5.74) is 11.2. The third-order valence-electron chi connectivity index (χ3n) is 6.58. The molecule has 1 atom stereocenters. The smallest absolute Gasteiger partial charge is 0.349 e. The van der Waals surface area contributed by atoms with Crippen molar-refractivity contribution < 1.29 is 23.7 Å². The van der Waals surface area contributed by atoms with E-state index in [0.717, 1.165) is 22.3 Å². The molecule has 0 saturated carbocycles. The number of esters is 1. The first-order valence-corrected chi connectivity index (χ1v) is 12.8. The van der Waals surface area contributed by atoms with E-state index in [0.29, 0.717) is 29.4 Å². The summed E-state index contributed by atoms with van der Waals surface area (Å²) >= 11 is 0. The predicted molar refractivity (Wildman–Crippen MR) is 150 cm³/mol. The average Bonchev–Trinajstić information content (AvgIpc) is 2.96. The molecule has 1 aliphatic heterocycles. The van der Waals surface area contributed by atoms with Gasteiger partial charge in [0.1, 0.15) is 41.2 Å². The van der Waals surface area contributed by atoms with Gasteiger partial charge in [-0.1, -0.05) is 66.2 Å². The molecular weight excluding hydrogens is 504 g/mol. The molecule has 2 N–H and O–H groups in total. The Bertz CT molecular complexity index is 1620. The Labute approximate surface area is 233 Å². The number of carbonyl (C=O) groups excluding carboxylic acids is 1. The van der Waals surface area contributed by atoms with Gasteiger partial charge in [0.05, 0.1) is 5.92 Å². The number of ether oxygens (including phenoxy) is 4. The van der Waals surface area contributed by atoms with Crippen LogP contribution in [-0.2, 0) is 11.4 Å². The molecule has 0 aromatic heterocycles. The number of hydrogen-bond donors (Lipinski definition) is 1. The van der Waals surface area contributed by atoms with Crippen molar-refractivity contribution in [2.24, 2.45) is 5.73 Å². The second kappa shape index (κ2) is 11.7. The van der Waals surface area contributed by atoms with Gasteiger partial charge in [0.15, 0.2) is 6.61 Å². The van der Waals surface area contributed by atoms with Crippen LogP contribution in [0.15, 0.2) is 102 Å². The largest absolute Gasteiger partial charge is 0.489 e. The second-order valence-corrected chi connectivity index (χ2v) is 9.50. The van der Waals surface area contributed by atoms with Crippen molar-refractivity contribution in [3.05, 3.63) is 130 Å². The molecule has 4 aromatic rings. The standard InChI is InChI=1S/C33H28N2O5/c1-21-10-12-23(13-11-21)19-37-25-8-5-7-24(16-25)32-27-15-14-26(17-30(27)40-33(35)28(32)18-34)39-31(36)20-38-29-9-4-3-6-22(29)2/h3-17,32H,19-20,35H2,1-2H3. The Morgan fingerprint density at radius 3 is 2.50 bits per heavy atom. The molecule has 4 aromatic carbocycles. The minimum Gasteiger partial charge on any atom is -0.489 e. The van der Waals surface area contributed by atoms with Crippen LogP contribution in [0.2, 0.25) is 0 Å². The van der Waals surface area contributed by atoms with E-state index in [2.05, 4.69) is 6.07 Å². The van der Waals surface area contributed by atoms with E-state index in [-0.39, 0.29) is 18.2 Å². The summed E-state index contributed by atoms with van der Waals surface area (Å²) in [7, 11) is 0. The van der Waals surface area contributed by atoms with Crippen molar-refractivity contribution in [2.45, 2.75) is 26.4 Å². The van der Waals surface area contributed by atoms with E-state index in [4.69, 9.17) is 24.7 Å². The molecule has 40 heavy (non-hydrogen) atoms. The van der Waals surface area contributed by atoms with E-state index in [9.17, 15) is 10.1 Å². The molecule has 0 amide bonds. The fraction of sp³-hybridized carbons (Fsp3) is 0.152. The van der Waals surface area contributed by atoms with Gasteiger partial charge in [-0.15, -0.1) is 0 Å². The first-order valence-electron chi connectivity index (χ1n) is 12.8. The number of aryl methyl sites for hydroxylation is 2. The lowest BCUT2D eigenvalue weighted by atomic mass is 9.83. The summed E-state index contributed by atoms with van der Waals surface area (Å²) in [6.45, 7) is 4.11. The number of hydrogen-bond acceptors (Lipinski definition) is 7. The highest BCUT2D eigenvalue weighted by Gasteiger charge is 2.31. The molecule has 0 spiro atoms. The van der Waals surface area contributed by atoms with Crippen molar-refractivity contribution in [3.63, 3.8) is 0 Å². The van der Waals surface area contributed by atoms with Crippen LogP contribution in [0.3, 0.4) is 0 Å². The van der Waals surface area contributed by atoms with Crippen LogP contribution in [0.1, 0.15) is 33.7 Å². The maximum Gasteiger partial charge on any atom is 0.349 e. The van der Waals surface area contributed by atoms with Gasteiger partial charge in [-0.05, 0) is 54.8 Å². The molecule has 0 aliphatic carbocycles. The first kappa shape index (κ1) is 26.4. The number of benzene rings is 4. The highest BCUT2D eigenvalue weighted by atomic mass is 16.6. The average molecular weight is 533 g/mol. The Morgan fingerprint density at radius 2 is 1.73 bits per heavy atom. The van der Waals surface area contributed by atoms with Gasteiger partial charge in [-0.25, -0.2) is 4.79 Å². The molecule has 0 bridgehead atoms. The lowest BCUT2D eigenvalue weighted by Crippen LogP contribution is -2.22. The normalized spacial score (nSPS) is 14.0. The van der Waals surface area contributed by atoms with Crippen LogP contribution in [0.25, 0.3) is 0 Å². The molecule has 5 rings (SSSR count). The molecule has 7 heteroatoms. The molecule has 200 valence electrons. The van der Waals surface area contributed by atoms with Crippen molar-refractivity contribution in [3.8, 4) is 29.1 Å². The van der Waals surface area contributed by atoms with Gasteiger partial charge < -0.3 is 24.7 Å². The Kier molecular flexibility index (Phi) is 7.70. The van der Waals surface area contributed by atoms with Gasteiger partial charge in [-0.2, -0.15) is 5.26 Å². The van der Waals surface area contributed by atoms with Crippen LogP contribution in [-0.4, -0.2) is 12.6 Å². The van der Waals surface area contributed by atoms with E-state index >= 15 is 0 Å². The monoisotopic (exact) mass is 532 g/mol. The molecule has 0 radical (unpaired) electrons. The fourth-order valence-electron chi connectivity index (χ4n) is 4.49. The van der Waals surface area contributed by atoms with Crippen molar-refractivity contribution in [1.29, 1.82) is 5.26 Å².